The highest BCUT2D eigenvalue weighted by molar-refractivity contribution is 8.00. The van der Waals surface area contributed by atoms with Gasteiger partial charge in [0.25, 0.3) is 11.4 Å². The number of carbonyl (C=O) groups excluding carboxylic acids is 1. The number of hydrogen-bond acceptors (Lipinski definition) is 7. The predicted molar refractivity (Wildman–Crippen MR) is 62.5 cm³/mol. The third-order valence-corrected chi connectivity index (χ3v) is 2.83. The van der Waals surface area contributed by atoms with Crippen LogP contribution in [-0.4, -0.2) is 28.7 Å². The second-order valence-corrected chi connectivity index (χ2v) is 4.11. The standard InChI is InChI=1S/C9H8N2O6S/c1-17-9(12)5-18-8-3-6(10(13)14)2-7(4-8)11(15)16/h2-4H,5H2,1H3. The minimum Gasteiger partial charge on any atom is -0.468 e. The SMILES string of the molecule is COC(=O)CSc1cc([N+](=O)[O-])cc([N+](=O)[O-])c1. The molecule has 0 amide bonds. The van der Waals surface area contributed by atoms with E-state index >= 15 is 0 Å². The van der Waals surface area contributed by atoms with E-state index in [1.54, 1.807) is 0 Å². The van der Waals surface area contributed by atoms with E-state index in [-0.39, 0.29) is 10.6 Å². The second kappa shape index (κ2) is 5.96. The lowest BCUT2D eigenvalue weighted by atomic mass is 10.3. The van der Waals surface area contributed by atoms with Gasteiger partial charge in [-0.3, -0.25) is 25.0 Å². The Morgan fingerprint density at radius 1 is 1.22 bits per heavy atom. The van der Waals surface area contributed by atoms with Gasteiger partial charge in [0.1, 0.15) is 0 Å². The van der Waals surface area contributed by atoms with Gasteiger partial charge in [0, 0.05) is 17.0 Å². The van der Waals surface area contributed by atoms with Gasteiger partial charge in [-0.15, -0.1) is 11.8 Å². The Morgan fingerprint density at radius 3 is 2.11 bits per heavy atom. The summed E-state index contributed by atoms with van der Waals surface area (Å²) in [5.74, 6) is -0.594. The zero-order valence-electron chi connectivity index (χ0n) is 9.19. The lowest BCUT2D eigenvalue weighted by molar-refractivity contribution is -0.394. The fourth-order valence-corrected chi connectivity index (χ4v) is 1.87. The van der Waals surface area contributed by atoms with Gasteiger partial charge in [0.2, 0.25) is 0 Å². The van der Waals surface area contributed by atoms with E-state index in [0.717, 1.165) is 17.8 Å². The van der Waals surface area contributed by atoms with Crippen molar-refractivity contribution in [2.45, 2.75) is 4.90 Å². The van der Waals surface area contributed by atoms with Gasteiger partial charge in [-0.05, 0) is 0 Å². The molecule has 96 valence electrons. The Kier molecular flexibility index (Phi) is 4.60. The molecule has 0 atom stereocenters. The van der Waals surface area contributed by atoms with Gasteiger partial charge in [-0.25, -0.2) is 0 Å². The molecule has 0 unspecified atom stereocenters. The molecule has 0 spiro atoms. The van der Waals surface area contributed by atoms with E-state index in [4.69, 9.17) is 0 Å². The number of rotatable bonds is 5. The van der Waals surface area contributed by atoms with E-state index in [1.165, 1.54) is 19.2 Å². The minimum absolute atomic E-state index is 0.0746. The first-order valence-electron chi connectivity index (χ1n) is 4.57. The van der Waals surface area contributed by atoms with Crippen molar-refractivity contribution in [3.8, 4) is 0 Å². The number of benzene rings is 1. The van der Waals surface area contributed by atoms with Gasteiger partial charge in [0.15, 0.2) is 0 Å². The topological polar surface area (TPSA) is 113 Å². The van der Waals surface area contributed by atoms with Crippen LogP contribution in [0.1, 0.15) is 0 Å². The van der Waals surface area contributed by atoms with Crippen molar-refractivity contribution >= 4 is 29.1 Å². The first-order chi connectivity index (χ1) is 8.43. The van der Waals surface area contributed by atoms with Crippen molar-refractivity contribution in [1.82, 2.24) is 0 Å². The molecule has 0 bridgehead atoms. The smallest absolute Gasteiger partial charge is 0.315 e. The summed E-state index contributed by atoms with van der Waals surface area (Å²) < 4.78 is 4.40. The number of thioether (sulfide) groups is 1. The van der Waals surface area contributed by atoms with Crippen LogP contribution in [0.4, 0.5) is 11.4 Å². The fraction of sp³-hybridized carbons (Fsp3) is 0.222. The van der Waals surface area contributed by atoms with E-state index in [1.807, 2.05) is 0 Å². The number of esters is 1. The van der Waals surface area contributed by atoms with Crippen molar-refractivity contribution in [3.05, 3.63) is 38.4 Å². The van der Waals surface area contributed by atoms with Crippen LogP contribution in [0.5, 0.6) is 0 Å². The largest absolute Gasteiger partial charge is 0.468 e. The number of nitro groups is 2. The van der Waals surface area contributed by atoms with Crippen LogP contribution < -0.4 is 0 Å². The van der Waals surface area contributed by atoms with Gasteiger partial charge in [-0.2, -0.15) is 0 Å². The van der Waals surface area contributed by atoms with E-state index in [0.29, 0.717) is 0 Å². The van der Waals surface area contributed by atoms with Crippen LogP contribution in [0.3, 0.4) is 0 Å². The molecule has 0 saturated carbocycles. The average Bonchev–Trinajstić information content (AvgIpc) is 2.35. The Morgan fingerprint density at radius 2 is 1.72 bits per heavy atom. The maximum Gasteiger partial charge on any atom is 0.315 e. The number of nitrogens with zero attached hydrogens (tertiary/aromatic N) is 2. The highest BCUT2D eigenvalue weighted by Crippen LogP contribution is 2.28. The molecule has 0 saturated heterocycles. The summed E-state index contributed by atoms with van der Waals surface area (Å²) in [4.78, 5) is 30.9. The zero-order valence-corrected chi connectivity index (χ0v) is 10.0. The number of methoxy groups -OCH3 is 1. The van der Waals surface area contributed by atoms with Gasteiger partial charge in [0.05, 0.1) is 28.8 Å². The number of ether oxygens (including phenoxy) is 1. The molecule has 0 heterocycles. The van der Waals surface area contributed by atoms with E-state index in [9.17, 15) is 25.0 Å². The molecule has 9 heteroatoms. The van der Waals surface area contributed by atoms with Gasteiger partial charge < -0.3 is 4.74 Å². The Labute approximate surface area is 105 Å². The second-order valence-electron chi connectivity index (χ2n) is 3.06. The van der Waals surface area contributed by atoms with Crippen molar-refractivity contribution in [1.29, 1.82) is 0 Å². The molecule has 0 aromatic heterocycles. The van der Waals surface area contributed by atoms with Crippen molar-refractivity contribution in [2.75, 3.05) is 12.9 Å². The van der Waals surface area contributed by atoms with Crippen molar-refractivity contribution < 1.29 is 19.4 Å². The fourth-order valence-electron chi connectivity index (χ4n) is 1.06. The predicted octanol–water partition coefficient (Wildman–Crippen LogP) is 1.77. The number of carbonyl (C=O) groups is 1. The summed E-state index contributed by atoms with van der Waals surface area (Å²) in [6.07, 6.45) is 0. The molecule has 0 fully saturated rings. The first-order valence-corrected chi connectivity index (χ1v) is 5.56. The summed E-state index contributed by atoms with van der Waals surface area (Å²) in [5, 5.41) is 21.2. The summed E-state index contributed by atoms with van der Waals surface area (Å²) in [6, 6.07) is 3.20. The lowest BCUT2D eigenvalue weighted by Gasteiger charge is -2.01. The lowest BCUT2D eigenvalue weighted by Crippen LogP contribution is -2.03. The average molecular weight is 272 g/mol. The molecule has 0 N–H and O–H groups in total. The molecule has 1 rings (SSSR count). The monoisotopic (exact) mass is 272 g/mol. The molecule has 0 aliphatic carbocycles. The number of non-ortho nitro benzene ring substituents is 2. The van der Waals surface area contributed by atoms with Crippen LogP contribution >= 0.6 is 11.8 Å². The van der Waals surface area contributed by atoms with Gasteiger partial charge >= 0.3 is 5.97 Å². The van der Waals surface area contributed by atoms with Gasteiger partial charge in [-0.1, -0.05) is 0 Å². The number of nitro benzene ring substituents is 2. The van der Waals surface area contributed by atoms with Crippen LogP contribution in [-0.2, 0) is 9.53 Å². The summed E-state index contributed by atoms with van der Waals surface area (Å²) in [7, 11) is 1.21. The molecule has 1 aromatic carbocycles. The molecule has 8 nitrogen and oxygen atoms in total. The maximum absolute atomic E-state index is 10.9. The first kappa shape index (κ1) is 13.9. The highest BCUT2D eigenvalue weighted by Gasteiger charge is 2.17. The summed E-state index contributed by atoms with van der Waals surface area (Å²) >= 11 is 0.933. The summed E-state index contributed by atoms with van der Waals surface area (Å²) in [6.45, 7) is 0. The Bertz CT molecular complexity index is 472. The molecule has 18 heavy (non-hydrogen) atoms. The zero-order chi connectivity index (χ0) is 13.7. The highest BCUT2D eigenvalue weighted by atomic mass is 32.2. The normalized spacial score (nSPS) is 9.83. The third-order valence-electron chi connectivity index (χ3n) is 1.88. The molecule has 0 aliphatic rings. The van der Waals surface area contributed by atoms with Crippen LogP contribution in [0, 0.1) is 20.2 Å². The molecule has 0 aliphatic heterocycles. The number of hydrogen-bond donors (Lipinski definition) is 0. The van der Waals surface area contributed by atoms with Crippen molar-refractivity contribution in [3.63, 3.8) is 0 Å². The van der Waals surface area contributed by atoms with E-state index < -0.39 is 27.2 Å². The molecular formula is C9H8N2O6S. The van der Waals surface area contributed by atoms with Crippen LogP contribution in [0.2, 0.25) is 0 Å². The maximum atomic E-state index is 10.9. The van der Waals surface area contributed by atoms with Crippen LogP contribution in [0.25, 0.3) is 0 Å². The Hall–Kier alpha value is -2.16. The molecule has 0 radical (unpaired) electrons. The quantitative estimate of drug-likeness (QED) is 0.347. The van der Waals surface area contributed by atoms with E-state index in [2.05, 4.69) is 4.74 Å². The minimum atomic E-state index is -0.727. The molecule has 1 aromatic rings. The van der Waals surface area contributed by atoms with Crippen molar-refractivity contribution in [2.24, 2.45) is 0 Å². The third kappa shape index (κ3) is 3.70. The molecular weight excluding hydrogens is 264 g/mol. The summed E-state index contributed by atoms with van der Waals surface area (Å²) in [5.41, 5.74) is -0.784. The van der Waals surface area contributed by atoms with Crippen LogP contribution in [0.15, 0.2) is 23.1 Å². The Balaban J connectivity index is 3.00.